The molecule has 100 valence electrons. The zero-order chi connectivity index (χ0) is 13.7. The number of benzene rings is 1. The van der Waals surface area contributed by atoms with E-state index < -0.39 is 24.1 Å². The molecular formula is C13H13NO5. The lowest BCUT2D eigenvalue weighted by Gasteiger charge is -2.07. The van der Waals surface area contributed by atoms with Crippen LogP contribution < -0.4 is 5.32 Å². The molecular weight excluding hydrogens is 250 g/mol. The molecule has 1 aliphatic rings. The highest BCUT2D eigenvalue weighted by Crippen LogP contribution is 2.06. The summed E-state index contributed by atoms with van der Waals surface area (Å²) in [6.45, 7) is 0.235. The van der Waals surface area contributed by atoms with Crippen molar-refractivity contribution in [1.29, 1.82) is 0 Å². The van der Waals surface area contributed by atoms with Gasteiger partial charge in [-0.05, 0) is 5.56 Å². The minimum Gasteiger partial charge on any atom is -0.465 e. The van der Waals surface area contributed by atoms with Gasteiger partial charge in [0.15, 0.2) is 0 Å². The Labute approximate surface area is 109 Å². The van der Waals surface area contributed by atoms with Crippen LogP contribution in [-0.2, 0) is 25.5 Å². The van der Waals surface area contributed by atoms with Crippen LogP contribution in [0.1, 0.15) is 12.0 Å². The third kappa shape index (κ3) is 3.80. The van der Waals surface area contributed by atoms with Gasteiger partial charge in [0, 0.05) is 6.42 Å². The second-order valence-electron chi connectivity index (χ2n) is 4.07. The van der Waals surface area contributed by atoms with Crippen molar-refractivity contribution in [3.8, 4) is 0 Å². The molecule has 0 radical (unpaired) electrons. The Morgan fingerprint density at radius 2 is 2.00 bits per heavy atom. The van der Waals surface area contributed by atoms with E-state index in [1.54, 1.807) is 0 Å². The topological polar surface area (TPSA) is 81.7 Å². The average Bonchev–Trinajstić information content (AvgIpc) is 2.69. The second-order valence-corrected chi connectivity index (χ2v) is 4.07. The standard InChI is InChI=1S/C13H13NO5/c15-11(8-10-12(16)19-13(17)14-10)18-7-6-9-4-2-1-3-5-9/h1-5,10H,6-8H2,(H,14,17)/t10-/m0/s1. The molecule has 1 N–H and O–H groups in total. The SMILES string of the molecule is O=C(C[C@@H]1NC(=O)OC1=O)OCCc1ccccc1. The summed E-state index contributed by atoms with van der Waals surface area (Å²) in [4.78, 5) is 33.3. The molecule has 1 aromatic rings. The highest BCUT2D eigenvalue weighted by atomic mass is 16.6. The Bertz CT molecular complexity index is 485. The normalized spacial score (nSPS) is 17.8. The number of alkyl carbamates (subject to hydrolysis) is 1. The molecule has 0 aliphatic carbocycles. The van der Waals surface area contributed by atoms with E-state index in [2.05, 4.69) is 10.1 Å². The van der Waals surface area contributed by atoms with Crippen molar-refractivity contribution >= 4 is 18.0 Å². The van der Waals surface area contributed by atoms with E-state index >= 15 is 0 Å². The molecule has 0 bridgehead atoms. The van der Waals surface area contributed by atoms with Gasteiger partial charge in [0.1, 0.15) is 6.04 Å². The molecule has 0 saturated carbocycles. The predicted molar refractivity (Wildman–Crippen MR) is 64.1 cm³/mol. The largest absolute Gasteiger partial charge is 0.465 e. The Kier molecular flexibility index (Phi) is 4.12. The number of nitrogens with one attached hydrogen (secondary N) is 1. The maximum absolute atomic E-state index is 11.5. The lowest BCUT2D eigenvalue weighted by molar-refractivity contribution is -0.147. The fraction of sp³-hybridized carbons (Fsp3) is 0.308. The van der Waals surface area contributed by atoms with Crippen molar-refractivity contribution in [3.05, 3.63) is 35.9 Å². The minimum atomic E-state index is -0.934. The van der Waals surface area contributed by atoms with Crippen LogP contribution in [0.4, 0.5) is 4.79 Å². The van der Waals surface area contributed by atoms with Gasteiger partial charge in [-0.3, -0.25) is 4.79 Å². The van der Waals surface area contributed by atoms with Crippen LogP contribution in [0, 0.1) is 0 Å². The number of hydrogen-bond donors (Lipinski definition) is 1. The van der Waals surface area contributed by atoms with Gasteiger partial charge in [0.05, 0.1) is 13.0 Å². The van der Waals surface area contributed by atoms with Gasteiger partial charge >= 0.3 is 18.0 Å². The van der Waals surface area contributed by atoms with Gasteiger partial charge in [-0.1, -0.05) is 30.3 Å². The molecule has 1 fully saturated rings. The van der Waals surface area contributed by atoms with E-state index in [1.807, 2.05) is 30.3 Å². The highest BCUT2D eigenvalue weighted by molar-refractivity contribution is 5.97. The third-order valence-corrected chi connectivity index (χ3v) is 2.64. The van der Waals surface area contributed by atoms with E-state index in [0.29, 0.717) is 6.42 Å². The predicted octanol–water partition coefficient (Wildman–Crippen LogP) is 0.797. The number of rotatable bonds is 5. The first-order valence-corrected chi connectivity index (χ1v) is 5.87. The molecule has 6 heteroatoms. The number of carbonyl (C=O) groups is 3. The molecule has 2 rings (SSSR count). The minimum absolute atomic E-state index is 0.209. The van der Waals surface area contributed by atoms with Crippen LogP contribution in [-0.4, -0.2) is 30.7 Å². The first-order valence-electron chi connectivity index (χ1n) is 5.87. The molecule has 1 heterocycles. The zero-order valence-corrected chi connectivity index (χ0v) is 10.1. The lowest BCUT2D eigenvalue weighted by Crippen LogP contribution is -2.32. The van der Waals surface area contributed by atoms with Gasteiger partial charge < -0.3 is 14.8 Å². The van der Waals surface area contributed by atoms with E-state index in [1.165, 1.54) is 0 Å². The molecule has 1 saturated heterocycles. The fourth-order valence-electron chi connectivity index (χ4n) is 1.68. The quantitative estimate of drug-likeness (QED) is 0.627. The summed E-state index contributed by atoms with van der Waals surface area (Å²) >= 11 is 0. The molecule has 1 amide bonds. The van der Waals surface area contributed by atoms with Crippen LogP contribution in [0.5, 0.6) is 0 Å². The van der Waals surface area contributed by atoms with Gasteiger partial charge in [-0.2, -0.15) is 0 Å². The van der Waals surface area contributed by atoms with Crippen LogP contribution in [0.25, 0.3) is 0 Å². The highest BCUT2D eigenvalue weighted by Gasteiger charge is 2.34. The number of cyclic esters (lactones) is 2. The molecule has 19 heavy (non-hydrogen) atoms. The summed E-state index contributed by atoms with van der Waals surface area (Å²) < 4.78 is 9.25. The van der Waals surface area contributed by atoms with Crippen LogP contribution in [0.3, 0.4) is 0 Å². The monoisotopic (exact) mass is 263 g/mol. The smallest absolute Gasteiger partial charge is 0.415 e. The lowest BCUT2D eigenvalue weighted by atomic mass is 10.2. The van der Waals surface area contributed by atoms with E-state index in [9.17, 15) is 14.4 Å². The number of esters is 2. The van der Waals surface area contributed by atoms with Crippen LogP contribution >= 0.6 is 0 Å². The molecule has 0 unspecified atom stereocenters. The summed E-state index contributed by atoms with van der Waals surface area (Å²) in [5.74, 6) is -1.29. The number of amides is 1. The van der Waals surface area contributed by atoms with Crippen molar-refractivity contribution in [1.82, 2.24) is 5.32 Å². The number of ether oxygens (including phenoxy) is 2. The van der Waals surface area contributed by atoms with Crippen molar-refractivity contribution in [2.75, 3.05) is 6.61 Å². The molecule has 6 nitrogen and oxygen atoms in total. The Hall–Kier alpha value is -2.37. The summed E-state index contributed by atoms with van der Waals surface area (Å²) in [5.41, 5.74) is 1.06. The maximum atomic E-state index is 11.5. The summed E-state index contributed by atoms with van der Waals surface area (Å²) in [5, 5.41) is 2.23. The van der Waals surface area contributed by atoms with E-state index in [-0.39, 0.29) is 13.0 Å². The van der Waals surface area contributed by atoms with Crippen LogP contribution in [0.2, 0.25) is 0 Å². The first kappa shape index (κ1) is 13.1. The summed E-state index contributed by atoms with van der Waals surface area (Å²) in [6, 6.07) is 8.65. The molecule has 1 aliphatic heterocycles. The molecule has 1 aromatic carbocycles. The maximum Gasteiger partial charge on any atom is 0.415 e. The molecule has 0 spiro atoms. The van der Waals surface area contributed by atoms with Crippen molar-refractivity contribution < 1.29 is 23.9 Å². The Morgan fingerprint density at radius 1 is 1.26 bits per heavy atom. The van der Waals surface area contributed by atoms with E-state index in [0.717, 1.165) is 5.56 Å². The van der Waals surface area contributed by atoms with Gasteiger partial charge in [0.25, 0.3) is 0 Å². The Balaban J connectivity index is 1.70. The zero-order valence-electron chi connectivity index (χ0n) is 10.1. The molecule has 1 atom stereocenters. The second kappa shape index (κ2) is 5.99. The molecule has 0 aromatic heterocycles. The first-order chi connectivity index (χ1) is 9.15. The van der Waals surface area contributed by atoms with Crippen LogP contribution in [0.15, 0.2) is 30.3 Å². The summed E-state index contributed by atoms with van der Waals surface area (Å²) in [7, 11) is 0. The number of carbonyl (C=O) groups excluding carboxylic acids is 3. The van der Waals surface area contributed by atoms with Gasteiger partial charge in [-0.25, -0.2) is 9.59 Å². The van der Waals surface area contributed by atoms with E-state index in [4.69, 9.17) is 4.74 Å². The average molecular weight is 263 g/mol. The Morgan fingerprint density at radius 3 is 2.63 bits per heavy atom. The van der Waals surface area contributed by atoms with Crippen molar-refractivity contribution in [2.45, 2.75) is 18.9 Å². The van der Waals surface area contributed by atoms with Gasteiger partial charge in [0.2, 0.25) is 0 Å². The van der Waals surface area contributed by atoms with Gasteiger partial charge in [-0.15, -0.1) is 0 Å². The fourth-order valence-corrected chi connectivity index (χ4v) is 1.68. The number of hydrogen-bond acceptors (Lipinski definition) is 5. The van der Waals surface area contributed by atoms with Crippen molar-refractivity contribution in [3.63, 3.8) is 0 Å². The third-order valence-electron chi connectivity index (χ3n) is 2.64. The van der Waals surface area contributed by atoms with Crippen molar-refractivity contribution in [2.24, 2.45) is 0 Å². The summed E-state index contributed by atoms with van der Waals surface area (Å²) in [6.07, 6.45) is -0.431.